The molecule has 0 aliphatic rings. The average Bonchev–Trinajstić information content (AvgIpc) is 2.35. The van der Waals surface area contributed by atoms with E-state index in [1.165, 1.54) is 12.3 Å². The van der Waals surface area contributed by atoms with E-state index in [1.807, 2.05) is 6.07 Å². The van der Waals surface area contributed by atoms with Gasteiger partial charge >= 0.3 is 0 Å². The maximum absolute atomic E-state index is 10.8. The highest BCUT2D eigenvalue weighted by molar-refractivity contribution is 9.10. The Labute approximate surface area is 137 Å². The van der Waals surface area contributed by atoms with Crippen molar-refractivity contribution in [2.45, 2.75) is 4.90 Å². The van der Waals surface area contributed by atoms with Gasteiger partial charge < -0.3 is 11.5 Å². The van der Waals surface area contributed by atoms with Gasteiger partial charge in [0.2, 0.25) is 0 Å². The van der Waals surface area contributed by atoms with E-state index in [1.54, 1.807) is 12.3 Å². The van der Waals surface area contributed by atoms with Crippen LogP contribution in [0.1, 0.15) is 0 Å². The predicted octanol–water partition coefficient (Wildman–Crippen LogP) is 2.78. The van der Waals surface area contributed by atoms with Gasteiger partial charge in [-0.2, -0.15) is 0 Å². The lowest BCUT2D eigenvalue weighted by Crippen LogP contribution is -2.00. The fourth-order valence-electron chi connectivity index (χ4n) is 1.01. The van der Waals surface area contributed by atoms with Gasteiger partial charge in [-0.1, -0.05) is 0 Å². The molecule has 0 unspecified atom stereocenters. The first-order chi connectivity index (χ1) is 9.20. The third kappa shape index (κ3) is 5.61. The first-order valence-electron chi connectivity index (χ1n) is 4.93. The molecule has 0 aromatic carbocycles. The van der Waals surface area contributed by atoms with Crippen LogP contribution in [0, 0.1) is 0 Å². The second-order valence-corrected chi connectivity index (χ2v) is 7.74. The van der Waals surface area contributed by atoms with Crippen molar-refractivity contribution in [3.8, 4) is 0 Å². The lowest BCUT2D eigenvalue weighted by molar-refractivity contribution is 0.609. The molecule has 2 rings (SSSR count). The minimum atomic E-state index is -3.80. The second kappa shape index (κ2) is 7.21. The fraction of sp³-hybridized carbons (Fsp3) is 0. The van der Waals surface area contributed by atoms with Gasteiger partial charge in [0.25, 0.3) is 9.05 Å². The molecule has 20 heavy (non-hydrogen) atoms. The highest BCUT2D eigenvalue weighted by atomic mass is 79.9. The number of aromatic nitrogens is 2. The number of hydrogen-bond acceptors (Lipinski definition) is 6. The quantitative estimate of drug-likeness (QED) is 0.654. The van der Waals surface area contributed by atoms with Crippen molar-refractivity contribution in [2.75, 3.05) is 11.5 Å². The van der Waals surface area contributed by atoms with Crippen molar-refractivity contribution in [3.05, 3.63) is 39.5 Å². The topological polar surface area (TPSA) is 112 Å². The van der Waals surface area contributed by atoms with Gasteiger partial charge in [-0.15, -0.1) is 0 Å². The molecule has 6 nitrogen and oxygen atoms in total. The van der Waals surface area contributed by atoms with Crippen molar-refractivity contribution in [1.82, 2.24) is 9.97 Å². The van der Waals surface area contributed by atoms with E-state index in [0.717, 1.165) is 4.47 Å². The van der Waals surface area contributed by atoms with Crippen LogP contribution in [0.5, 0.6) is 0 Å². The van der Waals surface area contributed by atoms with Gasteiger partial charge in [-0.3, -0.25) is 0 Å². The minimum Gasteiger partial charge on any atom is -0.384 e. The standard InChI is InChI=1S/C5H4BrClN2O2S.C5H5BrN2/c6-3-1-4(12(7,10)11)5(8)9-2-3;6-4-1-2-5(7)8-3-4/h1-2H,(H2,8,9);1-3H,(H2,7,8). The van der Waals surface area contributed by atoms with E-state index in [9.17, 15) is 8.42 Å². The van der Waals surface area contributed by atoms with E-state index in [4.69, 9.17) is 22.1 Å². The number of pyridine rings is 2. The van der Waals surface area contributed by atoms with E-state index in [2.05, 4.69) is 41.8 Å². The Kier molecular flexibility index (Phi) is 6.18. The van der Waals surface area contributed by atoms with E-state index >= 15 is 0 Å². The maximum atomic E-state index is 10.8. The molecule has 0 saturated heterocycles. The van der Waals surface area contributed by atoms with Crippen LogP contribution in [0.2, 0.25) is 0 Å². The molecule has 0 spiro atoms. The molecule has 0 bridgehead atoms. The van der Waals surface area contributed by atoms with Crippen LogP contribution in [0.3, 0.4) is 0 Å². The molecule has 2 heterocycles. The molecule has 0 atom stereocenters. The van der Waals surface area contributed by atoms with Gasteiger partial charge in [0.1, 0.15) is 16.5 Å². The summed E-state index contributed by atoms with van der Waals surface area (Å²) in [6, 6.07) is 4.89. The van der Waals surface area contributed by atoms with Crippen LogP contribution in [-0.4, -0.2) is 18.4 Å². The van der Waals surface area contributed by atoms with Gasteiger partial charge in [-0.05, 0) is 50.1 Å². The Morgan fingerprint density at radius 2 is 1.65 bits per heavy atom. The van der Waals surface area contributed by atoms with Crippen molar-refractivity contribution in [3.63, 3.8) is 0 Å². The molecule has 0 aliphatic heterocycles. The van der Waals surface area contributed by atoms with E-state index < -0.39 is 9.05 Å². The van der Waals surface area contributed by atoms with Crippen LogP contribution in [0.15, 0.2) is 44.4 Å². The van der Waals surface area contributed by atoms with Gasteiger partial charge in [0.05, 0.1) is 0 Å². The first kappa shape index (κ1) is 17.2. The highest BCUT2D eigenvalue weighted by Gasteiger charge is 2.15. The number of rotatable bonds is 1. The monoisotopic (exact) mass is 442 g/mol. The highest BCUT2D eigenvalue weighted by Crippen LogP contribution is 2.23. The van der Waals surface area contributed by atoms with Crippen molar-refractivity contribution in [2.24, 2.45) is 0 Å². The summed E-state index contributed by atoms with van der Waals surface area (Å²) in [7, 11) is 1.27. The second-order valence-electron chi connectivity index (χ2n) is 3.38. The number of nitrogen functional groups attached to an aromatic ring is 2. The Morgan fingerprint density at radius 3 is 2.05 bits per heavy atom. The smallest absolute Gasteiger partial charge is 0.265 e. The summed E-state index contributed by atoms with van der Waals surface area (Å²) < 4.78 is 23.1. The number of nitrogens with zero attached hydrogens (tertiary/aromatic N) is 2. The summed E-state index contributed by atoms with van der Waals surface area (Å²) >= 11 is 6.27. The van der Waals surface area contributed by atoms with Crippen LogP contribution < -0.4 is 11.5 Å². The van der Waals surface area contributed by atoms with Crippen LogP contribution in [-0.2, 0) is 9.05 Å². The number of nitrogens with two attached hydrogens (primary N) is 2. The fourth-order valence-corrected chi connectivity index (χ4v) is 2.67. The summed E-state index contributed by atoms with van der Waals surface area (Å²) in [4.78, 5) is 7.24. The molecule has 0 saturated carbocycles. The number of anilines is 2. The summed E-state index contributed by atoms with van der Waals surface area (Å²) in [6.45, 7) is 0. The molecule has 0 radical (unpaired) electrons. The third-order valence-corrected chi connectivity index (χ3v) is 4.12. The number of hydrogen-bond donors (Lipinski definition) is 2. The summed E-state index contributed by atoms with van der Waals surface area (Å²) in [5, 5.41) is 0. The normalized spacial score (nSPS) is 10.6. The molecule has 0 aliphatic carbocycles. The Hall–Kier alpha value is -0.900. The summed E-state index contributed by atoms with van der Waals surface area (Å²) in [5.74, 6) is 0.446. The zero-order valence-corrected chi connectivity index (χ0v) is 14.5. The zero-order valence-electron chi connectivity index (χ0n) is 9.79. The van der Waals surface area contributed by atoms with Gasteiger partial charge in [-0.25, -0.2) is 18.4 Å². The van der Waals surface area contributed by atoms with Gasteiger partial charge in [0, 0.05) is 32.0 Å². The molecule has 0 fully saturated rings. The Balaban J connectivity index is 0.000000217. The summed E-state index contributed by atoms with van der Waals surface area (Å²) in [6.07, 6.45) is 3.05. The maximum Gasteiger partial charge on any atom is 0.265 e. The van der Waals surface area contributed by atoms with Crippen molar-refractivity contribution in [1.29, 1.82) is 0 Å². The first-order valence-corrected chi connectivity index (χ1v) is 8.82. The largest absolute Gasteiger partial charge is 0.384 e. The Bertz CT molecular complexity index is 674. The van der Waals surface area contributed by atoms with Crippen LogP contribution >= 0.6 is 42.5 Å². The van der Waals surface area contributed by atoms with Gasteiger partial charge in [0.15, 0.2) is 0 Å². The molecule has 4 N–H and O–H groups in total. The lowest BCUT2D eigenvalue weighted by Gasteiger charge is -1.99. The predicted molar refractivity (Wildman–Crippen MR) is 85.7 cm³/mol. The molecule has 108 valence electrons. The average molecular weight is 445 g/mol. The lowest BCUT2D eigenvalue weighted by atomic mass is 10.5. The van der Waals surface area contributed by atoms with Crippen LogP contribution in [0.25, 0.3) is 0 Å². The van der Waals surface area contributed by atoms with Crippen LogP contribution in [0.4, 0.5) is 11.6 Å². The molecular formula is C10H9Br2ClN4O2S. The minimum absolute atomic E-state index is 0.104. The molecule has 2 aromatic heterocycles. The zero-order chi connectivity index (χ0) is 15.3. The van der Waals surface area contributed by atoms with Crippen molar-refractivity contribution >= 4 is 63.2 Å². The molecule has 10 heteroatoms. The SMILES string of the molecule is Nc1ccc(Br)cn1.Nc1ncc(Br)cc1S(=O)(=O)Cl. The van der Waals surface area contributed by atoms with Crippen molar-refractivity contribution < 1.29 is 8.42 Å². The molecular weight excluding hydrogens is 435 g/mol. The molecule has 0 amide bonds. The third-order valence-electron chi connectivity index (χ3n) is 1.86. The van der Waals surface area contributed by atoms with E-state index in [0.29, 0.717) is 10.3 Å². The Morgan fingerprint density at radius 1 is 1.05 bits per heavy atom. The molecule has 2 aromatic rings. The summed E-state index contributed by atoms with van der Waals surface area (Å²) in [5.41, 5.74) is 10.6. The number of halogens is 3. The van der Waals surface area contributed by atoms with E-state index in [-0.39, 0.29) is 10.7 Å².